The van der Waals surface area contributed by atoms with Gasteiger partial charge in [0, 0.05) is 7.05 Å². The Morgan fingerprint density at radius 3 is 2.32 bits per heavy atom. The minimum atomic E-state index is -3.89. The molecule has 0 fully saturated rings. The van der Waals surface area contributed by atoms with Crippen LogP contribution >= 0.6 is 0 Å². The average molecular weight is 320 g/mol. The molecule has 1 amide bonds. The van der Waals surface area contributed by atoms with Gasteiger partial charge in [0.25, 0.3) is 15.9 Å². The lowest BCUT2D eigenvalue weighted by Gasteiger charge is -2.22. The molecule has 2 N–H and O–H groups in total. The van der Waals surface area contributed by atoms with Crippen LogP contribution in [-0.4, -0.2) is 28.5 Å². The molecule has 0 atom stereocenters. The van der Waals surface area contributed by atoms with Crippen LogP contribution in [0.4, 0.5) is 5.69 Å². The normalized spacial score (nSPS) is 11.0. The standard InChI is InChI=1S/C15H16N2O4S/c1-17(12-8-4-3-7-11(12)15(16)18)22(19,20)14-10-6-5-9-13(14)21-2/h3-10H,1-2H3,(H2,16,18). The zero-order chi connectivity index (χ0) is 16.3. The number of ether oxygens (including phenoxy) is 1. The Morgan fingerprint density at radius 2 is 1.68 bits per heavy atom. The highest BCUT2D eigenvalue weighted by molar-refractivity contribution is 7.93. The summed E-state index contributed by atoms with van der Waals surface area (Å²) in [5, 5.41) is 0. The molecule has 0 aromatic heterocycles. The quantitative estimate of drug-likeness (QED) is 0.906. The second-order valence-electron chi connectivity index (χ2n) is 4.50. The zero-order valence-corrected chi connectivity index (χ0v) is 13.0. The van der Waals surface area contributed by atoms with Gasteiger partial charge in [-0.25, -0.2) is 8.42 Å². The van der Waals surface area contributed by atoms with Gasteiger partial charge in [0.05, 0.1) is 18.4 Å². The van der Waals surface area contributed by atoms with E-state index in [0.717, 1.165) is 4.31 Å². The maximum Gasteiger partial charge on any atom is 0.267 e. The van der Waals surface area contributed by atoms with Gasteiger partial charge in [0.15, 0.2) is 0 Å². The van der Waals surface area contributed by atoms with Gasteiger partial charge in [-0.15, -0.1) is 0 Å². The van der Waals surface area contributed by atoms with E-state index in [0.29, 0.717) is 0 Å². The number of sulfonamides is 1. The van der Waals surface area contributed by atoms with Crippen LogP contribution in [0, 0.1) is 0 Å². The van der Waals surface area contributed by atoms with Crippen LogP contribution in [0.5, 0.6) is 5.75 Å². The fraction of sp³-hybridized carbons (Fsp3) is 0.133. The zero-order valence-electron chi connectivity index (χ0n) is 12.2. The van der Waals surface area contributed by atoms with Gasteiger partial charge in [-0.1, -0.05) is 24.3 Å². The average Bonchev–Trinajstić information content (AvgIpc) is 2.53. The monoisotopic (exact) mass is 320 g/mol. The maximum atomic E-state index is 12.8. The number of carbonyl (C=O) groups excluding carboxylic acids is 1. The first-order chi connectivity index (χ1) is 10.4. The van der Waals surface area contributed by atoms with Crippen LogP contribution < -0.4 is 14.8 Å². The topological polar surface area (TPSA) is 89.7 Å². The number of nitrogens with two attached hydrogens (primary N) is 1. The molecule has 116 valence electrons. The van der Waals surface area contributed by atoms with Crippen LogP contribution in [0.15, 0.2) is 53.4 Å². The predicted octanol–water partition coefficient (Wildman–Crippen LogP) is 1.62. The summed E-state index contributed by atoms with van der Waals surface area (Å²) in [5.41, 5.74) is 5.64. The molecular weight excluding hydrogens is 304 g/mol. The number of para-hydroxylation sites is 2. The number of rotatable bonds is 5. The van der Waals surface area contributed by atoms with Crippen LogP contribution in [0.1, 0.15) is 10.4 Å². The third-order valence-corrected chi connectivity index (χ3v) is 5.03. The second-order valence-corrected chi connectivity index (χ2v) is 6.44. The van der Waals surface area contributed by atoms with Gasteiger partial charge in [-0.3, -0.25) is 9.10 Å². The van der Waals surface area contributed by atoms with E-state index < -0.39 is 15.9 Å². The van der Waals surface area contributed by atoms with Crippen LogP contribution in [0.25, 0.3) is 0 Å². The molecule has 0 saturated carbocycles. The Bertz CT molecular complexity index is 803. The lowest BCUT2D eigenvalue weighted by molar-refractivity contribution is 0.100. The van der Waals surface area contributed by atoms with Crippen LogP contribution in [-0.2, 0) is 10.0 Å². The van der Waals surface area contributed by atoms with Crippen molar-refractivity contribution in [1.82, 2.24) is 0 Å². The number of primary amides is 1. The molecule has 0 bridgehead atoms. The lowest BCUT2D eigenvalue weighted by Crippen LogP contribution is -2.29. The van der Waals surface area contributed by atoms with E-state index in [1.807, 2.05) is 0 Å². The Kier molecular flexibility index (Phi) is 4.37. The first-order valence-electron chi connectivity index (χ1n) is 6.40. The van der Waals surface area contributed by atoms with Crippen molar-refractivity contribution < 1.29 is 17.9 Å². The van der Waals surface area contributed by atoms with E-state index in [1.54, 1.807) is 30.3 Å². The first kappa shape index (κ1) is 15.8. The van der Waals surface area contributed by atoms with Crippen molar-refractivity contribution in [2.24, 2.45) is 5.73 Å². The highest BCUT2D eigenvalue weighted by atomic mass is 32.2. The van der Waals surface area contributed by atoms with Crippen molar-refractivity contribution in [3.05, 3.63) is 54.1 Å². The molecule has 6 nitrogen and oxygen atoms in total. The van der Waals surface area contributed by atoms with Crippen molar-refractivity contribution in [3.63, 3.8) is 0 Å². The van der Waals surface area contributed by atoms with Gasteiger partial charge in [0.1, 0.15) is 10.6 Å². The van der Waals surface area contributed by atoms with E-state index in [-0.39, 0.29) is 21.9 Å². The van der Waals surface area contributed by atoms with Gasteiger partial charge in [-0.2, -0.15) is 0 Å². The number of nitrogens with zero attached hydrogens (tertiary/aromatic N) is 1. The van der Waals surface area contributed by atoms with Crippen molar-refractivity contribution in [3.8, 4) is 5.75 Å². The van der Waals surface area contributed by atoms with Gasteiger partial charge < -0.3 is 10.5 Å². The number of anilines is 1. The van der Waals surface area contributed by atoms with Crippen LogP contribution in [0.2, 0.25) is 0 Å². The van der Waals surface area contributed by atoms with E-state index >= 15 is 0 Å². The van der Waals surface area contributed by atoms with Crippen molar-refractivity contribution >= 4 is 21.6 Å². The molecule has 22 heavy (non-hydrogen) atoms. The smallest absolute Gasteiger partial charge is 0.267 e. The summed E-state index contributed by atoms with van der Waals surface area (Å²) in [6.45, 7) is 0. The SMILES string of the molecule is COc1ccccc1S(=O)(=O)N(C)c1ccccc1C(N)=O. The number of amides is 1. The molecular formula is C15H16N2O4S. The Balaban J connectivity index is 2.58. The summed E-state index contributed by atoms with van der Waals surface area (Å²) < 4.78 is 31.7. The highest BCUT2D eigenvalue weighted by Crippen LogP contribution is 2.30. The number of benzene rings is 2. The summed E-state index contributed by atoms with van der Waals surface area (Å²) in [7, 11) is -1.13. The summed E-state index contributed by atoms with van der Waals surface area (Å²) >= 11 is 0. The molecule has 0 spiro atoms. The summed E-state index contributed by atoms with van der Waals surface area (Å²) in [6, 6.07) is 12.5. The summed E-state index contributed by atoms with van der Waals surface area (Å²) in [5.74, 6) is -0.469. The minimum Gasteiger partial charge on any atom is -0.495 e. The van der Waals surface area contributed by atoms with E-state index in [4.69, 9.17) is 10.5 Å². The number of carbonyl (C=O) groups is 1. The maximum absolute atomic E-state index is 12.8. The second kappa shape index (κ2) is 6.07. The fourth-order valence-corrected chi connectivity index (χ4v) is 3.43. The lowest BCUT2D eigenvalue weighted by atomic mass is 10.2. The minimum absolute atomic E-state index is 0.0132. The predicted molar refractivity (Wildman–Crippen MR) is 83.5 cm³/mol. The van der Waals surface area contributed by atoms with E-state index in [1.165, 1.54) is 32.4 Å². The number of hydrogen-bond donors (Lipinski definition) is 1. The molecule has 7 heteroatoms. The van der Waals surface area contributed by atoms with E-state index in [9.17, 15) is 13.2 Å². The van der Waals surface area contributed by atoms with Gasteiger partial charge >= 0.3 is 0 Å². The van der Waals surface area contributed by atoms with Crippen molar-refractivity contribution in [1.29, 1.82) is 0 Å². The number of methoxy groups -OCH3 is 1. The molecule has 0 aliphatic rings. The highest BCUT2D eigenvalue weighted by Gasteiger charge is 2.27. The molecule has 0 aliphatic heterocycles. The molecule has 2 aromatic carbocycles. The molecule has 0 radical (unpaired) electrons. The molecule has 2 rings (SSSR count). The molecule has 0 heterocycles. The Morgan fingerprint density at radius 1 is 1.09 bits per heavy atom. The molecule has 0 unspecified atom stereocenters. The largest absolute Gasteiger partial charge is 0.495 e. The van der Waals surface area contributed by atoms with E-state index in [2.05, 4.69) is 0 Å². The third kappa shape index (κ3) is 2.75. The van der Waals surface area contributed by atoms with Crippen LogP contribution in [0.3, 0.4) is 0 Å². The Labute approximate surface area is 129 Å². The number of hydrogen-bond acceptors (Lipinski definition) is 4. The molecule has 2 aromatic rings. The van der Waals surface area contributed by atoms with Crippen molar-refractivity contribution in [2.45, 2.75) is 4.90 Å². The van der Waals surface area contributed by atoms with Gasteiger partial charge in [-0.05, 0) is 24.3 Å². The third-order valence-electron chi connectivity index (χ3n) is 3.22. The van der Waals surface area contributed by atoms with Gasteiger partial charge in [0.2, 0.25) is 0 Å². The fourth-order valence-electron chi connectivity index (χ4n) is 2.07. The molecule has 0 saturated heterocycles. The summed E-state index contributed by atoms with van der Waals surface area (Å²) in [6.07, 6.45) is 0. The molecule has 0 aliphatic carbocycles. The Hall–Kier alpha value is -2.54. The van der Waals surface area contributed by atoms with Crippen molar-refractivity contribution in [2.75, 3.05) is 18.5 Å². The summed E-state index contributed by atoms with van der Waals surface area (Å²) in [4.78, 5) is 11.5. The first-order valence-corrected chi connectivity index (χ1v) is 7.84.